The molecule has 0 radical (unpaired) electrons. The highest BCUT2D eigenvalue weighted by atomic mass is 28.4. The van der Waals surface area contributed by atoms with Crippen molar-refractivity contribution in [3.05, 3.63) is 41.2 Å². The first-order valence-electron chi connectivity index (χ1n) is 11.7. The first-order chi connectivity index (χ1) is 13.5. The Morgan fingerprint density at radius 3 is 2.14 bits per heavy atom. The van der Waals surface area contributed by atoms with Gasteiger partial charge in [-0.3, -0.25) is 0 Å². The first-order valence-corrected chi connectivity index (χ1v) is 14.6. The monoisotopic (exact) mass is 412 g/mol. The van der Waals surface area contributed by atoms with Crippen LogP contribution in [0.25, 0.3) is 0 Å². The molecule has 1 aromatic rings. The quantitative estimate of drug-likeness (QED) is 0.400. The number of benzene rings is 1. The predicted octanol–water partition coefficient (Wildman–Crippen LogP) is 7.54. The zero-order chi connectivity index (χ0) is 21.0. The van der Waals surface area contributed by atoms with E-state index >= 15 is 0 Å². The van der Waals surface area contributed by atoms with Crippen LogP contribution in [0.4, 0.5) is 0 Å². The van der Waals surface area contributed by atoms with Crippen molar-refractivity contribution in [3.63, 3.8) is 0 Å². The maximum atomic E-state index is 9.65. The second-order valence-corrected chi connectivity index (χ2v) is 16.7. The topological polar surface area (TPSA) is 29.5 Å². The molecule has 0 amide bonds. The van der Waals surface area contributed by atoms with Gasteiger partial charge in [0.15, 0.2) is 0 Å². The molecule has 1 aromatic carbocycles. The van der Waals surface area contributed by atoms with Crippen molar-refractivity contribution in [2.24, 2.45) is 17.8 Å². The van der Waals surface area contributed by atoms with E-state index in [1.165, 1.54) is 49.7 Å². The van der Waals surface area contributed by atoms with E-state index in [0.29, 0.717) is 11.2 Å². The van der Waals surface area contributed by atoms with E-state index in [9.17, 15) is 5.11 Å². The standard InChI is InChI=1S/C26H40O2Si/c1-18(27)7-8-19-9-10-24(28-29(5,6)25(2,3)4)23(14-19)26-15-20-11-21(16-26)13-22(12-20)17-26/h7,9-10,14,20-22,27H,8,11-13,15-17H2,1-6H3. The summed E-state index contributed by atoms with van der Waals surface area (Å²) in [7, 11) is -1.90. The average molecular weight is 413 g/mol. The lowest BCUT2D eigenvalue weighted by molar-refractivity contribution is -0.00589. The smallest absolute Gasteiger partial charge is 0.250 e. The van der Waals surface area contributed by atoms with Gasteiger partial charge in [-0.2, -0.15) is 0 Å². The molecule has 29 heavy (non-hydrogen) atoms. The molecule has 0 saturated heterocycles. The minimum absolute atomic E-state index is 0.196. The molecule has 160 valence electrons. The van der Waals surface area contributed by atoms with Gasteiger partial charge in [-0.15, -0.1) is 0 Å². The van der Waals surface area contributed by atoms with Crippen LogP contribution in [0.1, 0.15) is 77.3 Å². The van der Waals surface area contributed by atoms with Gasteiger partial charge in [0.05, 0.1) is 5.76 Å². The molecule has 0 unspecified atom stereocenters. The van der Waals surface area contributed by atoms with Crippen LogP contribution in [-0.2, 0) is 11.8 Å². The summed E-state index contributed by atoms with van der Waals surface area (Å²) in [5, 5.41) is 9.85. The molecule has 3 heteroatoms. The molecule has 4 fully saturated rings. The Bertz CT molecular complexity index is 760. The summed E-state index contributed by atoms with van der Waals surface area (Å²) in [6.45, 7) is 13.5. The zero-order valence-electron chi connectivity index (χ0n) is 19.3. The molecule has 0 aliphatic heterocycles. The lowest BCUT2D eigenvalue weighted by atomic mass is 9.48. The third-order valence-corrected chi connectivity index (χ3v) is 12.8. The van der Waals surface area contributed by atoms with Crippen LogP contribution in [0.3, 0.4) is 0 Å². The van der Waals surface area contributed by atoms with Crippen LogP contribution in [0, 0.1) is 17.8 Å². The number of rotatable bonds is 5. The maximum Gasteiger partial charge on any atom is 0.250 e. The molecule has 2 nitrogen and oxygen atoms in total. The van der Waals surface area contributed by atoms with E-state index in [1.54, 1.807) is 6.92 Å². The summed E-state index contributed by atoms with van der Waals surface area (Å²) < 4.78 is 6.94. The van der Waals surface area contributed by atoms with Gasteiger partial charge >= 0.3 is 0 Å². The summed E-state index contributed by atoms with van der Waals surface area (Å²) in [5.74, 6) is 4.33. The number of aliphatic hydroxyl groups is 1. The van der Waals surface area contributed by atoms with Gasteiger partial charge < -0.3 is 9.53 Å². The molecule has 4 bridgehead atoms. The van der Waals surface area contributed by atoms with Gasteiger partial charge in [0.2, 0.25) is 8.32 Å². The van der Waals surface area contributed by atoms with Crippen molar-refractivity contribution in [3.8, 4) is 5.75 Å². The van der Waals surface area contributed by atoms with Crippen LogP contribution in [0.2, 0.25) is 18.1 Å². The zero-order valence-corrected chi connectivity index (χ0v) is 20.3. The maximum absolute atomic E-state index is 9.65. The summed E-state index contributed by atoms with van der Waals surface area (Å²) in [4.78, 5) is 0. The van der Waals surface area contributed by atoms with E-state index in [0.717, 1.165) is 29.9 Å². The molecular weight excluding hydrogens is 372 g/mol. The third-order valence-electron chi connectivity index (χ3n) is 8.46. The van der Waals surface area contributed by atoms with Gasteiger partial charge in [0.1, 0.15) is 5.75 Å². The average Bonchev–Trinajstić information content (AvgIpc) is 2.58. The summed E-state index contributed by atoms with van der Waals surface area (Å²) in [6, 6.07) is 6.91. The largest absolute Gasteiger partial charge is 0.543 e. The molecule has 5 rings (SSSR count). The van der Waals surface area contributed by atoms with Gasteiger partial charge in [0.25, 0.3) is 0 Å². The van der Waals surface area contributed by atoms with Crippen molar-refractivity contribution >= 4 is 8.32 Å². The highest BCUT2D eigenvalue weighted by Gasteiger charge is 2.53. The van der Waals surface area contributed by atoms with E-state index in [4.69, 9.17) is 4.43 Å². The molecule has 4 saturated carbocycles. The van der Waals surface area contributed by atoms with Crippen LogP contribution in [-0.4, -0.2) is 13.4 Å². The lowest BCUT2D eigenvalue weighted by Gasteiger charge is -2.57. The summed E-state index contributed by atoms with van der Waals surface area (Å²) >= 11 is 0. The molecule has 0 atom stereocenters. The molecule has 0 heterocycles. The van der Waals surface area contributed by atoms with E-state index < -0.39 is 8.32 Å². The fourth-order valence-corrected chi connectivity index (χ4v) is 7.38. The number of aliphatic hydroxyl groups excluding tert-OH is 1. The van der Waals surface area contributed by atoms with Gasteiger partial charge in [-0.05, 0) is 116 Å². The minimum atomic E-state index is -1.90. The van der Waals surface area contributed by atoms with Crippen LogP contribution >= 0.6 is 0 Å². The fraction of sp³-hybridized carbons (Fsp3) is 0.692. The van der Waals surface area contributed by atoms with Crippen molar-refractivity contribution in [1.29, 1.82) is 0 Å². The van der Waals surface area contributed by atoms with E-state index in [2.05, 4.69) is 52.1 Å². The number of hydrogen-bond acceptors (Lipinski definition) is 2. The highest BCUT2D eigenvalue weighted by molar-refractivity contribution is 6.74. The Morgan fingerprint density at radius 2 is 1.66 bits per heavy atom. The first kappa shape index (κ1) is 21.0. The Morgan fingerprint density at radius 1 is 1.10 bits per heavy atom. The molecule has 0 aromatic heterocycles. The van der Waals surface area contributed by atoms with Crippen molar-refractivity contribution in [2.45, 2.75) is 96.2 Å². The van der Waals surface area contributed by atoms with Gasteiger partial charge in [0, 0.05) is 0 Å². The summed E-state index contributed by atoms with van der Waals surface area (Å²) in [5.41, 5.74) is 3.11. The number of hydrogen-bond donors (Lipinski definition) is 1. The normalized spacial score (nSPS) is 31.9. The van der Waals surface area contributed by atoms with Gasteiger partial charge in [-0.25, -0.2) is 0 Å². The van der Waals surface area contributed by atoms with Crippen molar-refractivity contribution in [2.75, 3.05) is 0 Å². The van der Waals surface area contributed by atoms with E-state index in [-0.39, 0.29) is 5.04 Å². The second kappa shape index (κ2) is 7.18. The Balaban J connectivity index is 1.75. The molecule has 4 aliphatic rings. The predicted molar refractivity (Wildman–Crippen MR) is 124 cm³/mol. The minimum Gasteiger partial charge on any atom is -0.543 e. The fourth-order valence-electron chi connectivity index (χ4n) is 6.34. The Kier molecular flexibility index (Phi) is 5.21. The van der Waals surface area contributed by atoms with Crippen LogP contribution < -0.4 is 4.43 Å². The SMILES string of the molecule is CC(O)=CCc1ccc(O[Si](C)(C)C(C)(C)C)c(C23CC4CC(CC(C4)C2)C3)c1. The molecule has 1 N–H and O–H groups in total. The van der Waals surface area contributed by atoms with Gasteiger partial charge in [-0.1, -0.05) is 32.9 Å². The Hall–Kier alpha value is -1.22. The number of allylic oxidation sites excluding steroid dienone is 2. The second-order valence-electron chi connectivity index (χ2n) is 11.9. The summed E-state index contributed by atoms with van der Waals surface area (Å²) in [6.07, 6.45) is 11.2. The van der Waals surface area contributed by atoms with Crippen molar-refractivity contribution in [1.82, 2.24) is 0 Å². The Labute approximate surface area is 178 Å². The van der Waals surface area contributed by atoms with Crippen LogP contribution in [0.5, 0.6) is 5.75 Å². The lowest BCUT2D eigenvalue weighted by Crippen LogP contribution is -2.49. The molecule has 4 aliphatic carbocycles. The third kappa shape index (κ3) is 4.04. The molecule has 0 spiro atoms. The van der Waals surface area contributed by atoms with Crippen molar-refractivity contribution < 1.29 is 9.53 Å². The molecular formula is C26H40O2Si. The van der Waals surface area contributed by atoms with Crippen LogP contribution in [0.15, 0.2) is 30.0 Å². The van der Waals surface area contributed by atoms with E-state index in [1.807, 2.05) is 6.08 Å². The highest BCUT2D eigenvalue weighted by Crippen LogP contribution is 2.62.